The van der Waals surface area contributed by atoms with E-state index in [0.29, 0.717) is 0 Å². The lowest BCUT2D eigenvalue weighted by molar-refractivity contribution is -0.148. The SMILES string of the molecule is CCC(C)(C)NC(=O)CN1CCCCC1C(=O)OC. The Morgan fingerprint density at radius 2 is 2.05 bits per heavy atom. The molecular weight excluding hydrogens is 244 g/mol. The minimum Gasteiger partial charge on any atom is -0.468 e. The zero-order chi connectivity index (χ0) is 14.5. The van der Waals surface area contributed by atoms with Crippen molar-refractivity contribution < 1.29 is 14.3 Å². The van der Waals surface area contributed by atoms with E-state index in [9.17, 15) is 9.59 Å². The van der Waals surface area contributed by atoms with Gasteiger partial charge in [-0.1, -0.05) is 13.3 Å². The summed E-state index contributed by atoms with van der Waals surface area (Å²) < 4.78 is 4.81. The Labute approximate surface area is 115 Å². The molecule has 5 nitrogen and oxygen atoms in total. The van der Waals surface area contributed by atoms with Crippen LogP contribution in [0.1, 0.15) is 46.5 Å². The number of hydrogen-bond acceptors (Lipinski definition) is 4. The zero-order valence-corrected chi connectivity index (χ0v) is 12.5. The van der Waals surface area contributed by atoms with E-state index < -0.39 is 0 Å². The van der Waals surface area contributed by atoms with Crippen LogP contribution in [0.4, 0.5) is 0 Å². The van der Waals surface area contributed by atoms with Gasteiger partial charge in [-0.15, -0.1) is 0 Å². The van der Waals surface area contributed by atoms with Gasteiger partial charge in [0.25, 0.3) is 0 Å². The summed E-state index contributed by atoms with van der Waals surface area (Å²) >= 11 is 0. The van der Waals surface area contributed by atoms with Crippen molar-refractivity contribution in [3.63, 3.8) is 0 Å². The van der Waals surface area contributed by atoms with Crippen LogP contribution in [-0.4, -0.2) is 48.6 Å². The van der Waals surface area contributed by atoms with Crippen LogP contribution in [0, 0.1) is 0 Å². The number of likely N-dealkylation sites (tertiary alicyclic amines) is 1. The average Bonchev–Trinajstić information content (AvgIpc) is 2.37. The van der Waals surface area contributed by atoms with Crippen molar-refractivity contribution in [1.82, 2.24) is 10.2 Å². The van der Waals surface area contributed by atoms with Gasteiger partial charge in [-0.25, -0.2) is 0 Å². The molecule has 1 rings (SSSR count). The highest BCUT2D eigenvalue weighted by Gasteiger charge is 2.31. The number of carbonyl (C=O) groups excluding carboxylic acids is 2. The molecule has 1 aliphatic heterocycles. The number of ether oxygens (including phenoxy) is 1. The van der Waals surface area contributed by atoms with Crippen molar-refractivity contribution >= 4 is 11.9 Å². The summed E-state index contributed by atoms with van der Waals surface area (Å²) in [5.41, 5.74) is -0.201. The molecule has 0 aliphatic carbocycles. The lowest BCUT2D eigenvalue weighted by atomic mass is 10.0. The Bertz CT molecular complexity index is 329. The number of amides is 1. The van der Waals surface area contributed by atoms with Crippen LogP contribution in [0.2, 0.25) is 0 Å². The molecule has 0 bridgehead atoms. The number of methoxy groups -OCH3 is 1. The second-order valence-corrected chi connectivity index (χ2v) is 5.79. The number of rotatable bonds is 5. The van der Waals surface area contributed by atoms with Crippen molar-refractivity contribution in [2.24, 2.45) is 0 Å². The zero-order valence-electron chi connectivity index (χ0n) is 12.5. The van der Waals surface area contributed by atoms with E-state index in [1.54, 1.807) is 0 Å². The molecule has 19 heavy (non-hydrogen) atoms. The topological polar surface area (TPSA) is 58.6 Å². The average molecular weight is 270 g/mol. The molecule has 110 valence electrons. The van der Waals surface area contributed by atoms with Gasteiger partial charge in [0.05, 0.1) is 13.7 Å². The first-order chi connectivity index (χ1) is 8.89. The lowest BCUT2D eigenvalue weighted by Crippen LogP contribution is -2.52. The largest absolute Gasteiger partial charge is 0.468 e. The Morgan fingerprint density at radius 3 is 2.63 bits per heavy atom. The Hall–Kier alpha value is -1.10. The minimum absolute atomic E-state index is 0.0253. The minimum atomic E-state index is -0.269. The van der Waals surface area contributed by atoms with Gasteiger partial charge >= 0.3 is 5.97 Å². The molecule has 1 atom stereocenters. The second kappa shape index (κ2) is 6.89. The first kappa shape index (κ1) is 16.0. The molecule has 1 unspecified atom stereocenters. The number of hydrogen-bond donors (Lipinski definition) is 1. The third-order valence-electron chi connectivity index (χ3n) is 3.80. The van der Waals surface area contributed by atoms with Crippen molar-refractivity contribution in [1.29, 1.82) is 0 Å². The third kappa shape index (κ3) is 4.82. The number of nitrogens with one attached hydrogen (secondary N) is 1. The van der Waals surface area contributed by atoms with E-state index in [1.807, 2.05) is 25.7 Å². The fraction of sp³-hybridized carbons (Fsp3) is 0.857. The molecule has 1 aliphatic rings. The highest BCUT2D eigenvalue weighted by atomic mass is 16.5. The van der Waals surface area contributed by atoms with Gasteiger partial charge in [-0.2, -0.15) is 0 Å². The Morgan fingerprint density at radius 1 is 1.37 bits per heavy atom. The van der Waals surface area contributed by atoms with E-state index in [4.69, 9.17) is 4.74 Å². The van der Waals surface area contributed by atoms with E-state index in [2.05, 4.69) is 5.32 Å². The van der Waals surface area contributed by atoms with Crippen molar-refractivity contribution in [2.45, 2.75) is 58.0 Å². The van der Waals surface area contributed by atoms with Crippen LogP contribution in [0.25, 0.3) is 0 Å². The molecule has 0 saturated carbocycles. The summed E-state index contributed by atoms with van der Waals surface area (Å²) in [6.45, 7) is 7.08. The van der Waals surface area contributed by atoms with Gasteiger partial charge in [0.1, 0.15) is 6.04 Å². The fourth-order valence-corrected chi connectivity index (χ4v) is 2.27. The highest BCUT2D eigenvalue weighted by Crippen LogP contribution is 2.18. The highest BCUT2D eigenvalue weighted by molar-refractivity contribution is 5.81. The van der Waals surface area contributed by atoms with E-state index in [0.717, 1.165) is 32.2 Å². The molecule has 0 radical (unpaired) electrons. The van der Waals surface area contributed by atoms with Gasteiger partial charge in [0.2, 0.25) is 5.91 Å². The predicted octanol–water partition coefficient (Wildman–Crippen LogP) is 1.32. The number of esters is 1. The van der Waals surface area contributed by atoms with Crippen molar-refractivity contribution in [2.75, 3.05) is 20.2 Å². The lowest BCUT2D eigenvalue weighted by Gasteiger charge is -2.34. The van der Waals surface area contributed by atoms with Gasteiger partial charge < -0.3 is 10.1 Å². The number of nitrogens with zero attached hydrogens (tertiary/aromatic N) is 1. The molecular formula is C14H26N2O3. The Balaban J connectivity index is 2.57. The summed E-state index contributed by atoms with van der Waals surface area (Å²) in [6, 6.07) is -0.269. The molecule has 0 aromatic heterocycles. The van der Waals surface area contributed by atoms with E-state index in [1.165, 1.54) is 7.11 Å². The van der Waals surface area contributed by atoms with Gasteiger partial charge in [0.15, 0.2) is 0 Å². The third-order valence-corrected chi connectivity index (χ3v) is 3.80. The fourth-order valence-electron chi connectivity index (χ4n) is 2.27. The second-order valence-electron chi connectivity index (χ2n) is 5.79. The molecule has 1 N–H and O–H groups in total. The number of carbonyl (C=O) groups is 2. The summed E-state index contributed by atoms with van der Waals surface area (Å²) in [6.07, 6.45) is 3.69. The summed E-state index contributed by atoms with van der Waals surface area (Å²) in [4.78, 5) is 25.7. The van der Waals surface area contributed by atoms with Crippen LogP contribution in [-0.2, 0) is 14.3 Å². The van der Waals surface area contributed by atoms with Crippen LogP contribution >= 0.6 is 0 Å². The summed E-state index contributed by atoms with van der Waals surface area (Å²) in [5, 5.41) is 3.00. The van der Waals surface area contributed by atoms with Crippen molar-refractivity contribution in [3.05, 3.63) is 0 Å². The molecule has 5 heteroatoms. The summed E-state index contributed by atoms with van der Waals surface area (Å²) in [7, 11) is 1.40. The van der Waals surface area contributed by atoms with Crippen molar-refractivity contribution in [3.8, 4) is 0 Å². The smallest absolute Gasteiger partial charge is 0.323 e. The molecule has 1 fully saturated rings. The first-order valence-electron chi connectivity index (χ1n) is 7.02. The van der Waals surface area contributed by atoms with Gasteiger partial charge in [0, 0.05) is 5.54 Å². The maximum absolute atomic E-state index is 12.0. The van der Waals surface area contributed by atoms with Gasteiger partial charge in [-0.05, 0) is 39.7 Å². The molecule has 0 spiro atoms. The van der Waals surface area contributed by atoms with E-state index in [-0.39, 0.29) is 30.0 Å². The first-order valence-corrected chi connectivity index (χ1v) is 7.02. The van der Waals surface area contributed by atoms with Crippen LogP contribution < -0.4 is 5.32 Å². The maximum atomic E-state index is 12.0. The van der Waals surface area contributed by atoms with Crippen LogP contribution in [0.5, 0.6) is 0 Å². The Kier molecular flexibility index (Phi) is 5.79. The predicted molar refractivity (Wildman–Crippen MR) is 73.7 cm³/mol. The van der Waals surface area contributed by atoms with Gasteiger partial charge in [-0.3, -0.25) is 14.5 Å². The van der Waals surface area contributed by atoms with E-state index >= 15 is 0 Å². The maximum Gasteiger partial charge on any atom is 0.323 e. The quantitative estimate of drug-likeness (QED) is 0.765. The normalized spacial score (nSPS) is 20.9. The standard InChI is InChI=1S/C14H26N2O3/c1-5-14(2,3)15-12(17)10-16-9-7-6-8-11(16)13(18)19-4/h11H,5-10H2,1-4H3,(H,15,17). The molecule has 1 heterocycles. The summed E-state index contributed by atoms with van der Waals surface area (Å²) in [5.74, 6) is -0.259. The molecule has 0 aromatic rings. The van der Waals surface area contributed by atoms with Crippen LogP contribution in [0.3, 0.4) is 0 Å². The van der Waals surface area contributed by atoms with Crippen LogP contribution in [0.15, 0.2) is 0 Å². The number of piperidine rings is 1. The molecule has 0 aromatic carbocycles. The molecule has 1 saturated heterocycles. The monoisotopic (exact) mass is 270 g/mol. The molecule has 1 amide bonds.